The lowest BCUT2D eigenvalue weighted by Crippen LogP contribution is -2.16. The number of benzene rings is 1. The van der Waals surface area contributed by atoms with Gasteiger partial charge in [-0.2, -0.15) is 5.26 Å². The molecule has 0 fully saturated rings. The highest BCUT2D eigenvalue weighted by atomic mass is 19.1. The molecular formula is C15H14FN3O. The zero-order valence-electron chi connectivity index (χ0n) is 11.3. The van der Waals surface area contributed by atoms with Crippen molar-refractivity contribution < 1.29 is 9.13 Å². The van der Waals surface area contributed by atoms with Gasteiger partial charge in [-0.15, -0.1) is 0 Å². The van der Waals surface area contributed by atoms with Crippen LogP contribution < -0.4 is 9.64 Å². The summed E-state index contributed by atoms with van der Waals surface area (Å²) in [5, 5.41) is 8.70. The van der Waals surface area contributed by atoms with E-state index in [0.29, 0.717) is 12.2 Å². The van der Waals surface area contributed by atoms with Crippen LogP contribution in [0.15, 0.2) is 36.5 Å². The summed E-state index contributed by atoms with van der Waals surface area (Å²) in [5.41, 5.74) is 2.06. The Bertz CT molecular complexity index is 635. The molecule has 0 N–H and O–H groups in total. The Kier molecular flexibility index (Phi) is 4.16. The first-order chi connectivity index (χ1) is 9.63. The minimum Gasteiger partial charge on any atom is -0.494 e. The highest BCUT2D eigenvalue weighted by Crippen LogP contribution is 2.20. The molecule has 4 nitrogen and oxygen atoms in total. The van der Waals surface area contributed by atoms with Crippen molar-refractivity contribution in [1.29, 1.82) is 5.26 Å². The highest BCUT2D eigenvalue weighted by Gasteiger charge is 2.07. The molecule has 0 amide bonds. The number of aromatic nitrogens is 1. The average Bonchev–Trinajstić information content (AvgIpc) is 2.47. The molecule has 0 radical (unpaired) electrons. The summed E-state index contributed by atoms with van der Waals surface area (Å²) in [6, 6.07) is 10.3. The molecule has 1 aromatic carbocycles. The second kappa shape index (κ2) is 6.02. The Morgan fingerprint density at radius 3 is 2.70 bits per heavy atom. The fraction of sp³-hybridized carbons (Fsp3) is 0.200. The van der Waals surface area contributed by atoms with Crippen molar-refractivity contribution in [2.75, 3.05) is 19.1 Å². The largest absolute Gasteiger partial charge is 0.494 e. The summed E-state index contributed by atoms with van der Waals surface area (Å²) < 4.78 is 18.5. The maximum atomic E-state index is 13.6. The van der Waals surface area contributed by atoms with Crippen molar-refractivity contribution in [1.82, 2.24) is 4.98 Å². The van der Waals surface area contributed by atoms with Gasteiger partial charge in [-0.3, -0.25) is 0 Å². The average molecular weight is 271 g/mol. The Balaban J connectivity index is 2.12. The van der Waals surface area contributed by atoms with Crippen LogP contribution in [0.5, 0.6) is 5.75 Å². The first-order valence-corrected chi connectivity index (χ1v) is 6.03. The zero-order valence-corrected chi connectivity index (χ0v) is 11.3. The monoisotopic (exact) mass is 271 g/mol. The molecule has 0 aliphatic carbocycles. The molecule has 2 aromatic rings. The van der Waals surface area contributed by atoms with Gasteiger partial charge in [0.25, 0.3) is 0 Å². The van der Waals surface area contributed by atoms with Crippen LogP contribution in [0.25, 0.3) is 0 Å². The Morgan fingerprint density at radius 2 is 2.15 bits per heavy atom. The van der Waals surface area contributed by atoms with Gasteiger partial charge in [0, 0.05) is 13.6 Å². The number of nitrogens with zero attached hydrogens (tertiary/aromatic N) is 3. The minimum atomic E-state index is -0.378. The fourth-order valence-corrected chi connectivity index (χ4v) is 1.85. The van der Waals surface area contributed by atoms with Crippen molar-refractivity contribution in [3.8, 4) is 11.8 Å². The van der Waals surface area contributed by atoms with Gasteiger partial charge in [-0.25, -0.2) is 9.37 Å². The van der Waals surface area contributed by atoms with E-state index in [2.05, 4.69) is 4.98 Å². The lowest BCUT2D eigenvalue weighted by atomic mass is 10.2. The van der Waals surface area contributed by atoms with Gasteiger partial charge in [0.1, 0.15) is 11.8 Å². The summed E-state index contributed by atoms with van der Waals surface area (Å²) in [5.74, 6) is -0.146. The molecule has 0 saturated heterocycles. The van der Waals surface area contributed by atoms with Crippen molar-refractivity contribution in [3.63, 3.8) is 0 Å². The van der Waals surface area contributed by atoms with Gasteiger partial charge in [-0.05, 0) is 29.8 Å². The topological polar surface area (TPSA) is 49.1 Å². The van der Waals surface area contributed by atoms with Crippen LogP contribution in [0.4, 0.5) is 10.1 Å². The number of halogens is 1. The number of hydrogen-bond donors (Lipinski definition) is 0. The Hall–Kier alpha value is -2.61. The van der Waals surface area contributed by atoms with E-state index in [1.54, 1.807) is 18.3 Å². The van der Waals surface area contributed by atoms with Crippen LogP contribution in [0.1, 0.15) is 11.3 Å². The molecule has 0 aliphatic rings. The van der Waals surface area contributed by atoms with Gasteiger partial charge in [0.15, 0.2) is 11.6 Å². The van der Waals surface area contributed by atoms with E-state index >= 15 is 0 Å². The number of nitriles is 1. The molecule has 0 bridgehead atoms. The van der Waals surface area contributed by atoms with E-state index in [-0.39, 0.29) is 11.6 Å². The minimum absolute atomic E-state index is 0.233. The van der Waals surface area contributed by atoms with Crippen LogP contribution in [0, 0.1) is 17.1 Å². The third kappa shape index (κ3) is 3.04. The first-order valence-electron chi connectivity index (χ1n) is 6.03. The molecule has 2 rings (SSSR count). The maximum absolute atomic E-state index is 13.6. The van der Waals surface area contributed by atoms with Crippen LogP contribution >= 0.6 is 0 Å². The molecule has 0 spiro atoms. The molecule has 5 heteroatoms. The lowest BCUT2D eigenvalue weighted by molar-refractivity contribution is 0.386. The second-order valence-corrected chi connectivity index (χ2v) is 4.34. The van der Waals surface area contributed by atoms with Crippen LogP contribution in [0.3, 0.4) is 0 Å². The first kappa shape index (κ1) is 13.8. The number of ether oxygens (including phenoxy) is 1. The summed E-state index contributed by atoms with van der Waals surface area (Å²) in [4.78, 5) is 5.93. The van der Waals surface area contributed by atoms with Crippen molar-refractivity contribution in [2.24, 2.45) is 0 Å². The third-order valence-electron chi connectivity index (χ3n) is 2.94. The quantitative estimate of drug-likeness (QED) is 0.858. The molecule has 1 heterocycles. The third-order valence-corrected chi connectivity index (χ3v) is 2.94. The van der Waals surface area contributed by atoms with E-state index in [1.165, 1.54) is 13.2 Å². The van der Waals surface area contributed by atoms with E-state index in [1.807, 2.05) is 30.1 Å². The van der Waals surface area contributed by atoms with E-state index in [9.17, 15) is 4.39 Å². The molecule has 0 aliphatic heterocycles. The van der Waals surface area contributed by atoms with E-state index in [0.717, 1.165) is 11.3 Å². The molecule has 0 unspecified atom stereocenters. The number of methoxy groups -OCH3 is 1. The van der Waals surface area contributed by atoms with Crippen LogP contribution in [-0.4, -0.2) is 19.1 Å². The van der Waals surface area contributed by atoms with Crippen LogP contribution in [-0.2, 0) is 6.54 Å². The normalized spacial score (nSPS) is 9.90. The van der Waals surface area contributed by atoms with Gasteiger partial charge < -0.3 is 9.64 Å². The van der Waals surface area contributed by atoms with Crippen molar-refractivity contribution in [2.45, 2.75) is 6.54 Å². The van der Waals surface area contributed by atoms with Crippen molar-refractivity contribution in [3.05, 3.63) is 53.6 Å². The van der Waals surface area contributed by atoms with Gasteiger partial charge in [-0.1, -0.05) is 6.07 Å². The second-order valence-electron chi connectivity index (χ2n) is 4.34. The summed E-state index contributed by atoms with van der Waals surface area (Å²) in [7, 11) is 3.32. The fourth-order valence-electron chi connectivity index (χ4n) is 1.85. The number of pyridine rings is 1. The van der Waals surface area contributed by atoms with Gasteiger partial charge in [0.05, 0.1) is 19.0 Å². The molecular weight excluding hydrogens is 257 g/mol. The zero-order chi connectivity index (χ0) is 14.5. The predicted molar refractivity (Wildman–Crippen MR) is 74.0 cm³/mol. The van der Waals surface area contributed by atoms with Gasteiger partial charge in [0.2, 0.25) is 0 Å². The Morgan fingerprint density at radius 1 is 1.35 bits per heavy atom. The summed E-state index contributed by atoms with van der Waals surface area (Å²) in [6.45, 7) is 0.536. The lowest BCUT2D eigenvalue weighted by Gasteiger charge is -2.19. The molecule has 102 valence electrons. The van der Waals surface area contributed by atoms with Crippen LogP contribution in [0.2, 0.25) is 0 Å². The van der Waals surface area contributed by atoms with E-state index in [4.69, 9.17) is 10.00 Å². The number of anilines is 1. The maximum Gasteiger partial charge on any atom is 0.165 e. The Labute approximate surface area is 117 Å². The molecule has 0 atom stereocenters. The van der Waals surface area contributed by atoms with Crippen molar-refractivity contribution >= 4 is 5.69 Å². The predicted octanol–water partition coefficient (Wildman–Crippen LogP) is 2.74. The highest BCUT2D eigenvalue weighted by molar-refractivity contribution is 5.46. The van der Waals surface area contributed by atoms with E-state index < -0.39 is 0 Å². The SMILES string of the molecule is COc1ccc(CN(C)c2ccc(C#N)nc2)cc1F. The molecule has 0 saturated carbocycles. The number of rotatable bonds is 4. The molecule has 20 heavy (non-hydrogen) atoms. The molecule has 1 aromatic heterocycles. The summed E-state index contributed by atoms with van der Waals surface area (Å²) in [6.07, 6.45) is 1.62. The summed E-state index contributed by atoms with van der Waals surface area (Å²) >= 11 is 0. The number of hydrogen-bond acceptors (Lipinski definition) is 4. The van der Waals surface area contributed by atoms with Gasteiger partial charge >= 0.3 is 0 Å². The smallest absolute Gasteiger partial charge is 0.165 e. The standard InChI is InChI=1S/C15H14FN3O/c1-19(13-5-4-12(8-17)18-9-13)10-11-3-6-15(20-2)14(16)7-11/h3-7,9H,10H2,1-2H3.